The standard InChI is InChI=1S/C16H17N3S/c1-13-12-19(14-6-3-2-4-7-14)16(18-13)17-10-9-15-8-5-11-20-15/h2-8,11-12H,9-10H2,1H3,(H,17,18). The van der Waals surface area contributed by atoms with Gasteiger partial charge < -0.3 is 5.32 Å². The van der Waals surface area contributed by atoms with Gasteiger partial charge in [-0.25, -0.2) is 4.98 Å². The van der Waals surface area contributed by atoms with Crippen LogP contribution in [0.25, 0.3) is 5.69 Å². The first kappa shape index (κ1) is 12.9. The van der Waals surface area contributed by atoms with E-state index in [9.17, 15) is 0 Å². The van der Waals surface area contributed by atoms with Gasteiger partial charge in [-0.2, -0.15) is 0 Å². The van der Waals surface area contributed by atoms with Gasteiger partial charge in [0.2, 0.25) is 5.95 Å². The summed E-state index contributed by atoms with van der Waals surface area (Å²) in [6, 6.07) is 14.5. The molecule has 0 saturated heterocycles. The van der Waals surface area contributed by atoms with E-state index in [1.165, 1.54) is 4.88 Å². The van der Waals surface area contributed by atoms with Gasteiger partial charge in [0.25, 0.3) is 0 Å². The molecule has 0 atom stereocenters. The predicted octanol–water partition coefficient (Wildman–Crippen LogP) is 3.90. The van der Waals surface area contributed by atoms with Crippen molar-refractivity contribution in [2.24, 2.45) is 0 Å². The van der Waals surface area contributed by atoms with Crippen LogP contribution in [0.3, 0.4) is 0 Å². The topological polar surface area (TPSA) is 29.9 Å². The van der Waals surface area contributed by atoms with Crippen LogP contribution >= 0.6 is 11.3 Å². The van der Waals surface area contributed by atoms with Gasteiger partial charge in [0.1, 0.15) is 0 Å². The number of aryl methyl sites for hydroxylation is 1. The molecule has 2 aromatic heterocycles. The normalized spacial score (nSPS) is 10.7. The van der Waals surface area contributed by atoms with Crippen LogP contribution in [0.5, 0.6) is 0 Å². The summed E-state index contributed by atoms with van der Waals surface area (Å²) in [5.41, 5.74) is 2.15. The number of para-hydroxylation sites is 1. The van der Waals surface area contributed by atoms with Gasteiger partial charge in [-0.1, -0.05) is 24.3 Å². The van der Waals surface area contributed by atoms with E-state index in [1.807, 2.05) is 25.1 Å². The summed E-state index contributed by atoms with van der Waals surface area (Å²) >= 11 is 1.80. The number of benzene rings is 1. The number of hydrogen-bond donors (Lipinski definition) is 1. The molecule has 0 amide bonds. The highest BCUT2D eigenvalue weighted by molar-refractivity contribution is 7.09. The Bertz CT molecular complexity index is 656. The Morgan fingerprint density at radius 3 is 2.75 bits per heavy atom. The van der Waals surface area contributed by atoms with Crippen LogP contribution in [-0.4, -0.2) is 16.1 Å². The zero-order valence-electron chi connectivity index (χ0n) is 11.4. The van der Waals surface area contributed by atoms with E-state index in [2.05, 4.69) is 50.7 Å². The van der Waals surface area contributed by atoms with Crippen LogP contribution in [0.2, 0.25) is 0 Å². The summed E-state index contributed by atoms with van der Waals surface area (Å²) in [6.07, 6.45) is 3.08. The van der Waals surface area contributed by atoms with Crippen molar-refractivity contribution in [2.45, 2.75) is 13.3 Å². The van der Waals surface area contributed by atoms with Crippen molar-refractivity contribution in [1.82, 2.24) is 9.55 Å². The summed E-state index contributed by atoms with van der Waals surface area (Å²) in [6.45, 7) is 2.91. The Morgan fingerprint density at radius 1 is 1.15 bits per heavy atom. The number of nitrogens with one attached hydrogen (secondary N) is 1. The zero-order chi connectivity index (χ0) is 13.8. The first-order valence-corrected chi connectivity index (χ1v) is 7.58. The van der Waals surface area contributed by atoms with Gasteiger partial charge in [0.05, 0.1) is 5.69 Å². The van der Waals surface area contributed by atoms with Crippen LogP contribution in [0.4, 0.5) is 5.95 Å². The maximum Gasteiger partial charge on any atom is 0.207 e. The Balaban J connectivity index is 1.73. The summed E-state index contributed by atoms with van der Waals surface area (Å²) in [4.78, 5) is 5.96. The summed E-state index contributed by atoms with van der Waals surface area (Å²) in [5.74, 6) is 0.908. The number of aromatic nitrogens is 2. The maximum absolute atomic E-state index is 4.56. The largest absolute Gasteiger partial charge is 0.355 e. The van der Waals surface area contributed by atoms with Crippen LogP contribution < -0.4 is 5.32 Å². The van der Waals surface area contributed by atoms with Gasteiger partial charge >= 0.3 is 0 Å². The second-order valence-corrected chi connectivity index (χ2v) is 5.70. The number of nitrogens with zero attached hydrogens (tertiary/aromatic N) is 2. The second-order valence-electron chi connectivity index (χ2n) is 4.67. The quantitative estimate of drug-likeness (QED) is 0.769. The minimum absolute atomic E-state index is 0.893. The maximum atomic E-state index is 4.56. The van der Waals surface area contributed by atoms with Crippen molar-refractivity contribution in [3.63, 3.8) is 0 Å². The zero-order valence-corrected chi connectivity index (χ0v) is 12.2. The first-order valence-electron chi connectivity index (χ1n) is 6.70. The predicted molar refractivity (Wildman–Crippen MR) is 84.8 cm³/mol. The SMILES string of the molecule is Cc1cn(-c2ccccc2)c(NCCc2cccs2)n1. The Morgan fingerprint density at radius 2 is 2.00 bits per heavy atom. The van der Waals surface area contributed by atoms with Gasteiger partial charge in [-0.05, 0) is 36.9 Å². The lowest BCUT2D eigenvalue weighted by molar-refractivity contribution is 0.973. The molecule has 0 fully saturated rings. The molecule has 0 unspecified atom stereocenters. The number of rotatable bonds is 5. The van der Waals surface area contributed by atoms with Crippen LogP contribution in [0, 0.1) is 6.92 Å². The van der Waals surface area contributed by atoms with Crippen molar-refractivity contribution >= 4 is 17.3 Å². The molecule has 0 radical (unpaired) electrons. The fourth-order valence-electron chi connectivity index (χ4n) is 2.16. The Hall–Kier alpha value is -2.07. The minimum Gasteiger partial charge on any atom is -0.355 e. The van der Waals surface area contributed by atoms with Crippen molar-refractivity contribution in [2.75, 3.05) is 11.9 Å². The molecule has 0 spiro atoms. The molecule has 4 heteroatoms. The van der Waals surface area contributed by atoms with Crippen molar-refractivity contribution in [3.05, 3.63) is 64.6 Å². The third-order valence-electron chi connectivity index (χ3n) is 3.10. The summed E-state index contributed by atoms with van der Waals surface area (Å²) < 4.78 is 2.10. The number of thiophene rings is 1. The fourth-order valence-corrected chi connectivity index (χ4v) is 2.87. The van der Waals surface area contributed by atoms with Crippen LogP contribution in [-0.2, 0) is 6.42 Å². The minimum atomic E-state index is 0.893. The molecule has 0 aliphatic rings. The molecule has 0 aliphatic heterocycles. The highest BCUT2D eigenvalue weighted by Gasteiger charge is 2.06. The number of imidazole rings is 1. The molecule has 3 nitrogen and oxygen atoms in total. The molecule has 20 heavy (non-hydrogen) atoms. The molecule has 1 aromatic carbocycles. The molecule has 0 aliphatic carbocycles. The van der Waals surface area contributed by atoms with Crippen molar-refractivity contribution < 1.29 is 0 Å². The smallest absolute Gasteiger partial charge is 0.207 e. The molecule has 0 bridgehead atoms. The number of hydrogen-bond acceptors (Lipinski definition) is 3. The highest BCUT2D eigenvalue weighted by Crippen LogP contribution is 2.16. The van der Waals surface area contributed by atoms with E-state index >= 15 is 0 Å². The van der Waals surface area contributed by atoms with Crippen molar-refractivity contribution in [1.29, 1.82) is 0 Å². The van der Waals surface area contributed by atoms with Gasteiger partial charge in [-0.15, -0.1) is 11.3 Å². The highest BCUT2D eigenvalue weighted by atomic mass is 32.1. The molecule has 102 valence electrons. The van der Waals surface area contributed by atoms with Crippen molar-refractivity contribution in [3.8, 4) is 5.69 Å². The van der Waals surface area contributed by atoms with Crippen LogP contribution in [0.1, 0.15) is 10.6 Å². The lowest BCUT2D eigenvalue weighted by Crippen LogP contribution is -2.09. The Kier molecular flexibility index (Phi) is 3.83. The molecule has 2 heterocycles. The molecular weight excluding hydrogens is 266 g/mol. The summed E-state index contributed by atoms with van der Waals surface area (Å²) in [5, 5.41) is 5.54. The molecular formula is C16H17N3S. The van der Waals surface area contributed by atoms with E-state index in [1.54, 1.807) is 11.3 Å². The monoisotopic (exact) mass is 283 g/mol. The van der Waals surface area contributed by atoms with Gasteiger partial charge in [0, 0.05) is 23.3 Å². The summed E-state index contributed by atoms with van der Waals surface area (Å²) in [7, 11) is 0. The van der Waals surface area contributed by atoms with E-state index in [4.69, 9.17) is 0 Å². The first-order chi connectivity index (χ1) is 9.83. The van der Waals surface area contributed by atoms with E-state index in [0.717, 1.165) is 30.3 Å². The lowest BCUT2D eigenvalue weighted by Gasteiger charge is -2.09. The molecule has 0 saturated carbocycles. The average molecular weight is 283 g/mol. The van der Waals surface area contributed by atoms with E-state index < -0.39 is 0 Å². The lowest BCUT2D eigenvalue weighted by atomic mass is 10.3. The Labute approximate surface area is 122 Å². The van der Waals surface area contributed by atoms with E-state index in [-0.39, 0.29) is 0 Å². The van der Waals surface area contributed by atoms with E-state index in [0.29, 0.717) is 0 Å². The number of anilines is 1. The molecule has 3 aromatic rings. The molecule has 3 rings (SSSR count). The van der Waals surface area contributed by atoms with Gasteiger partial charge in [0.15, 0.2) is 0 Å². The van der Waals surface area contributed by atoms with Gasteiger partial charge in [-0.3, -0.25) is 4.57 Å². The van der Waals surface area contributed by atoms with Crippen LogP contribution in [0.15, 0.2) is 54.0 Å². The third-order valence-corrected chi connectivity index (χ3v) is 4.03. The third kappa shape index (κ3) is 2.91. The fraction of sp³-hybridized carbons (Fsp3) is 0.188. The second kappa shape index (κ2) is 5.92. The molecule has 1 N–H and O–H groups in total. The average Bonchev–Trinajstić information content (AvgIpc) is 3.10.